The maximum absolute atomic E-state index is 12.3. The minimum Gasteiger partial charge on any atom is -0.349 e. The number of piperidine rings is 1. The van der Waals surface area contributed by atoms with Crippen LogP contribution in [0.1, 0.15) is 33.6 Å². The molecule has 0 aromatic heterocycles. The van der Waals surface area contributed by atoms with Crippen LogP contribution in [-0.2, 0) is 9.59 Å². The standard InChI is InChI=1S/C14H27N3O2/c1-14(2,3)11(15)13(19)17-8-6-10(7-9-17)12(18)16(4)5/h10-11H,6-9,15H2,1-5H3/t11-/m0/s1. The summed E-state index contributed by atoms with van der Waals surface area (Å²) in [6.07, 6.45) is 1.47. The van der Waals surface area contributed by atoms with Crippen LogP contribution < -0.4 is 5.73 Å². The highest BCUT2D eigenvalue weighted by atomic mass is 16.2. The lowest BCUT2D eigenvalue weighted by molar-refractivity contribution is -0.141. The average Bonchev–Trinajstić information content (AvgIpc) is 2.35. The fraction of sp³-hybridized carbons (Fsp3) is 0.857. The molecule has 1 aliphatic rings. The lowest BCUT2D eigenvalue weighted by Gasteiger charge is -2.36. The van der Waals surface area contributed by atoms with E-state index in [9.17, 15) is 9.59 Å². The van der Waals surface area contributed by atoms with Crippen molar-refractivity contribution in [2.75, 3.05) is 27.2 Å². The fourth-order valence-electron chi connectivity index (χ4n) is 2.28. The van der Waals surface area contributed by atoms with Gasteiger partial charge in [-0.05, 0) is 18.3 Å². The van der Waals surface area contributed by atoms with E-state index in [1.54, 1.807) is 23.9 Å². The molecular formula is C14H27N3O2. The highest BCUT2D eigenvalue weighted by Gasteiger charge is 2.34. The van der Waals surface area contributed by atoms with E-state index in [-0.39, 0.29) is 23.1 Å². The molecule has 0 radical (unpaired) electrons. The Bertz CT molecular complexity index is 339. The number of amides is 2. The number of nitrogens with zero attached hydrogens (tertiary/aromatic N) is 2. The molecule has 19 heavy (non-hydrogen) atoms. The third-order valence-corrected chi connectivity index (χ3v) is 3.80. The van der Waals surface area contributed by atoms with Crippen LogP contribution in [0.15, 0.2) is 0 Å². The molecule has 0 aromatic carbocycles. The Kier molecular flexibility index (Phi) is 4.96. The SMILES string of the molecule is CN(C)C(=O)C1CCN(C(=O)[C@H](N)C(C)(C)C)CC1. The third kappa shape index (κ3) is 3.93. The van der Waals surface area contributed by atoms with E-state index in [2.05, 4.69) is 0 Å². The van der Waals surface area contributed by atoms with Crippen LogP contribution in [0.25, 0.3) is 0 Å². The van der Waals surface area contributed by atoms with Crippen molar-refractivity contribution in [2.45, 2.75) is 39.7 Å². The minimum atomic E-state index is -0.478. The molecule has 2 N–H and O–H groups in total. The van der Waals surface area contributed by atoms with Crippen LogP contribution in [0, 0.1) is 11.3 Å². The van der Waals surface area contributed by atoms with Gasteiger partial charge in [-0.2, -0.15) is 0 Å². The van der Waals surface area contributed by atoms with Crippen molar-refractivity contribution >= 4 is 11.8 Å². The molecule has 0 unspecified atom stereocenters. The van der Waals surface area contributed by atoms with Gasteiger partial charge in [-0.3, -0.25) is 9.59 Å². The maximum atomic E-state index is 12.3. The van der Waals surface area contributed by atoms with Crippen molar-refractivity contribution in [1.82, 2.24) is 9.80 Å². The van der Waals surface area contributed by atoms with Gasteiger partial charge in [0.25, 0.3) is 0 Å². The summed E-state index contributed by atoms with van der Waals surface area (Å²) in [5.41, 5.74) is 5.77. The van der Waals surface area contributed by atoms with E-state index in [4.69, 9.17) is 5.73 Å². The zero-order chi connectivity index (χ0) is 14.8. The summed E-state index contributed by atoms with van der Waals surface area (Å²) in [5, 5.41) is 0. The Morgan fingerprint density at radius 2 is 1.68 bits per heavy atom. The molecule has 1 saturated heterocycles. The monoisotopic (exact) mass is 269 g/mol. The molecule has 110 valence electrons. The topological polar surface area (TPSA) is 66.6 Å². The molecule has 0 spiro atoms. The molecule has 0 aliphatic carbocycles. The molecule has 5 heteroatoms. The second-order valence-electron chi connectivity index (χ2n) is 6.68. The number of likely N-dealkylation sites (tertiary alicyclic amines) is 1. The van der Waals surface area contributed by atoms with Crippen molar-refractivity contribution in [3.63, 3.8) is 0 Å². The maximum Gasteiger partial charge on any atom is 0.240 e. The van der Waals surface area contributed by atoms with Gasteiger partial charge in [0.2, 0.25) is 11.8 Å². The summed E-state index contributed by atoms with van der Waals surface area (Å²) in [5.74, 6) is 0.209. The first-order valence-corrected chi connectivity index (χ1v) is 6.90. The van der Waals surface area contributed by atoms with Gasteiger partial charge in [-0.1, -0.05) is 20.8 Å². The molecule has 0 saturated carbocycles. The Labute approximate surface area is 116 Å². The summed E-state index contributed by atoms with van der Waals surface area (Å²) in [6.45, 7) is 7.17. The van der Waals surface area contributed by atoms with Gasteiger partial charge in [-0.25, -0.2) is 0 Å². The number of rotatable bonds is 2. The predicted molar refractivity (Wildman–Crippen MR) is 75.4 cm³/mol. The number of nitrogens with two attached hydrogens (primary N) is 1. The van der Waals surface area contributed by atoms with Crippen LogP contribution >= 0.6 is 0 Å². The third-order valence-electron chi connectivity index (χ3n) is 3.80. The van der Waals surface area contributed by atoms with Gasteiger partial charge in [0.15, 0.2) is 0 Å². The first kappa shape index (κ1) is 16.0. The van der Waals surface area contributed by atoms with E-state index in [1.165, 1.54) is 0 Å². The molecule has 1 atom stereocenters. The van der Waals surface area contributed by atoms with Crippen molar-refractivity contribution in [1.29, 1.82) is 0 Å². The number of hydrogen-bond donors (Lipinski definition) is 1. The smallest absolute Gasteiger partial charge is 0.240 e. The first-order valence-electron chi connectivity index (χ1n) is 6.90. The Morgan fingerprint density at radius 3 is 2.05 bits per heavy atom. The highest BCUT2D eigenvalue weighted by molar-refractivity contribution is 5.83. The van der Waals surface area contributed by atoms with Crippen LogP contribution in [0.4, 0.5) is 0 Å². The highest BCUT2D eigenvalue weighted by Crippen LogP contribution is 2.23. The van der Waals surface area contributed by atoms with Gasteiger partial charge in [-0.15, -0.1) is 0 Å². The van der Waals surface area contributed by atoms with E-state index < -0.39 is 6.04 Å². The van der Waals surface area contributed by atoms with Gasteiger partial charge >= 0.3 is 0 Å². The van der Waals surface area contributed by atoms with Crippen LogP contribution in [0.3, 0.4) is 0 Å². The zero-order valence-corrected chi connectivity index (χ0v) is 12.8. The molecule has 2 amide bonds. The number of carbonyl (C=O) groups is 2. The second-order valence-corrected chi connectivity index (χ2v) is 6.68. The predicted octanol–water partition coefficient (Wildman–Crippen LogP) is 0.687. The van der Waals surface area contributed by atoms with Crippen molar-refractivity contribution < 1.29 is 9.59 Å². The van der Waals surface area contributed by atoms with E-state index in [0.29, 0.717) is 13.1 Å². The van der Waals surface area contributed by atoms with Gasteiger partial charge < -0.3 is 15.5 Å². The summed E-state index contributed by atoms with van der Waals surface area (Å²) in [4.78, 5) is 27.6. The van der Waals surface area contributed by atoms with Gasteiger partial charge in [0, 0.05) is 33.1 Å². The normalized spacial score (nSPS) is 19.2. The Hall–Kier alpha value is -1.10. The first-order chi connectivity index (χ1) is 8.64. The molecule has 1 heterocycles. The molecule has 0 aromatic rings. The van der Waals surface area contributed by atoms with E-state index in [0.717, 1.165) is 12.8 Å². The second kappa shape index (κ2) is 5.90. The lowest BCUT2D eigenvalue weighted by atomic mass is 9.85. The Morgan fingerprint density at radius 1 is 1.21 bits per heavy atom. The van der Waals surface area contributed by atoms with Crippen LogP contribution in [0.2, 0.25) is 0 Å². The molecular weight excluding hydrogens is 242 g/mol. The van der Waals surface area contributed by atoms with E-state index in [1.807, 2.05) is 20.8 Å². The summed E-state index contributed by atoms with van der Waals surface area (Å²) in [6, 6.07) is -0.478. The minimum absolute atomic E-state index is 0.00301. The fourth-order valence-corrected chi connectivity index (χ4v) is 2.28. The largest absolute Gasteiger partial charge is 0.349 e. The zero-order valence-electron chi connectivity index (χ0n) is 12.8. The average molecular weight is 269 g/mol. The van der Waals surface area contributed by atoms with Gasteiger partial charge in [0.1, 0.15) is 0 Å². The summed E-state index contributed by atoms with van der Waals surface area (Å²) < 4.78 is 0. The number of carbonyl (C=O) groups excluding carboxylic acids is 2. The summed E-state index contributed by atoms with van der Waals surface area (Å²) in [7, 11) is 3.55. The number of hydrogen-bond acceptors (Lipinski definition) is 3. The Balaban J connectivity index is 2.55. The molecule has 5 nitrogen and oxygen atoms in total. The van der Waals surface area contributed by atoms with Gasteiger partial charge in [0.05, 0.1) is 6.04 Å². The quantitative estimate of drug-likeness (QED) is 0.802. The van der Waals surface area contributed by atoms with Crippen LogP contribution in [-0.4, -0.2) is 54.8 Å². The van der Waals surface area contributed by atoms with Crippen molar-refractivity contribution in [3.8, 4) is 0 Å². The molecule has 1 aliphatic heterocycles. The van der Waals surface area contributed by atoms with E-state index >= 15 is 0 Å². The van der Waals surface area contributed by atoms with Crippen LogP contribution in [0.5, 0.6) is 0 Å². The molecule has 0 bridgehead atoms. The summed E-state index contributed by atoms with van der Waals surface area (Å²) >= 11 is 0. The molecule has 1 fully saturated rings. The van der Waals surface area contributed by atoms with Crippen molar-refractivity contribution in [2.24, 2.45) is 17.1 Å². The lowest BCUT2D eigenvalue weighted by Crippen LogP contribution is -2.53. The molecule has 1 rings (SSSR count). The van der Waals surface area contributed by atoms with Crippen molar-refractivity contribution in [3.05, 3.63) is 0 Å².